The molecule has 2 atom stereocenters. The molecule has 2 aromatic heterocycles. The molecule has 35 heavy (non-hydrogen) atoms. The number of benzene rings is 1. The monoisotopic (exact) mass is 508 g/mol. The van der Waals surface area contributed by atoms with Crippen molar-refractivity contribution in [3.05, 3.63) is 69.8 Å². The van der Waals surface area contributed by atoms with Crippen LogP contribution < -0.4 is 20.9 Å². The Morgan fingerprint density at radius 3 is 2.57 bits per heavy atom. The summed E-state index contributed by atoms with van der Waals surface area (Å²) in [4.78, 5) is 20.3. The Morgan fingerprint density at radius 1 is 1.23 bits per heavy atom. The van der Waals surface area contributed by atoms with Gasteiger partial charge in [0, 0.05) is 35.4 Å². The summed E-state index contributed by atoms with van der Waals surface area (Å²) in [5, 5.41) is 11.2. The number of halogens is 4. The first-order valence-electron chi connectivity index (χ1n) is 10.2. The van der Waals surface area contributed by atoms with E-state index in [1.165, 1.54) is 26.2 Å². The van der Waals surface area contributed by atoms with Gasteiger partial charge in [-0.3, -0.25) is 4.79 Å². The summed E-state index contributed by atoms with van der Waals surface area (Å²) >= 11 is 5.88. The highest BCUT2D eigenvalue weighted by Crippen LogP contribution is 2.47. The van der Waals surface area contributed by atoms with Crippen molar-refractivity contribution in [1.29, 1.82) is 0 Å². The summed E-state index contributed by atoms with van der Waals surface area (Å²) in [6, 6.07) is 5.08. The maximum Gasteiger partial charge on any atom is 0.231 e. The molecule has 3 aromatic rings. The minimum absolute atomic E-state index is 0.00511. The maximum atomic E-state index is 14.9. The third-order valence-corrected chi connectivity index (χ3v) is 6.35. The molecule has 1 aliphatic rings. The van der Waals surface area contributed by atoms with Gasteiger partial charge in [-0.1, -0.05) is 11.6 Å². The summed E-state index contributed by atoms with van der Waals surface area (Å²) < 4.78 is 53.5. The quantitative estimate of drug-likeness (QED) is 0.344. The number of hydrogen-bond acceptors (Lipinski definition) is 7. The highest BCUT2D eigenvalue weighted by molar-refractivity contribution is 6.31. The van der Waals surface area contributed by atoms with E-state index in [0.717, 1.165) is 12.1 Å². The molecule has 0 bridgehead atoms. The van der Waals surface area contributed by atoms with Crippen molar-refractivity contribution in [2.24, 2.45) is 11.5 Å². The van der Waals surface area contributed by atoms with E-state index in [1.54, 1.807) is 0 Å². The van der Waals surface area contributed by atoms with Gasteiger partial charge in [-0.25, -0.2) is 13.8 Å². The van der Waals surface area contributed by atoms with Gasteiger partial charge < -0.3 is 26.0 Å². The minimum Gasteiger partial charge on any atom is -0.489 e. The smallest absolute Gasteiger partial charge is 0.231 e. The van der Waals surface area contributed by atoms with Crippen LogP contribution in [0.25, 0.3) is 11.3 Å². The van der Waals surface area contributed by atoms with E-state index in [2.05, 4.69) is 9.97 Å². The summed E-state index contributed by atoms with van der Waals surface area (Å²) in [5.74, 6) is -3.90. The molecule has 3 heterocycles. The van der Waals surface area contributed by atoms with Crippen LogP contribution >= 0.6 is 11.6 Å². The minimum atomic E-state index is -2.15. The zero-order valence-electron chi connectivity index (χ0n) is 18.5. The predicted octanol–water partition coefficient (Wildman–Crippen LogP) is 2.55. The first kappa shape index (κ1) is 24.7. The molecule has 1 aromatic carbocycles. The van der Waals surface area contributed by atoms with E-state index in [9.17, 15) is 23.1 Å². The summed E-state index contributed by atoms with van der Waals surface area (Å²) in [7, 11) is 1.26. The van der Waals surface area contributed by atoms with Gasteiger partial charge >= 0.3 is 0 Å². The van der Waals surface area contributed by atoms with Crippen molar-refractivity contribution in [2.75, 3.05) is 20.3 Å². The van der Waals surface area contributed by atoms with Crippen LogP contribution in [0.4, 0.5) is 13.2 Å². The number of aromatic nitrogens is 2. The second-order valence-corrected chi connectivity index (χ2v) is 8.66. The lowest BCUT2D eigenvalue weighted by atomic mass is 9.81. The lowest BCUT2D eigenvalue weighted by Crippen LogP contribution is -2.41. The SMILES string of the molecule is COc1cc([C@](O)(CN)c2cc3c(c(-c4cc(Cl)c(F)cc4F)n2)OC[C@]3(C)C(N)=O)cc(F)n1. The van der Waals surface area contributed by atoms with Gasteiger partial charge in [0.05, 0.1) is 17.8 Å². The van der Waals surface area contributed by atoms with Crippen molar-refractivity contribution in [2.45, 2.75) is 17.9 Å². The fourth-order valence-corrected chi connectivity index (χ4v) is 4.04. The molecule has 0 radical (unpaired) electrons. The van der Waals surface area contributed by atoms with E-state index >= 15 is 0 Å². The fourth-order valence-electron chi connectivity index (χ4n) is 3.87. The van der Waals surface area contributed by atoms with Crippen LogP contribution in [-0.4, -0.2) is 41.2 Å². The van der Waals surface area contributed by atoms with Crippen LogP contribution in [0.2, 0.25) is 5.02 Å². The maximum absolute atomic E-state index is 14.9. The first-order valence-corrected chi connectivity index (χ1v) is 10.6. The number of aliphatic hydroxyl groups is 1. The fraction of sp³-hybridized carbons (Fsp3) is 0.261. The first-order chi connectivity index (χ1) is 16.4. The van der Waals surface area contributed by atoms with E-state index in [0.29, 0.717) is 6.07 Å². The van der Waals surface area contributed by atoms with Crippen molar-refractivity contribution in [3.8, 4) is 22.9 Å². The number of rotatable bonds is 6. The standard InChI is InChI=1S/C23H20ClF3N4O4/c1-22(21(29)32)9-35-20-12(22)6-16(30-19(20)11-5-13(24)15(26)7-14(11)25)23(33,8-28)10-3-17(27)31-18(4-10)34-2/h3-7,33H,8-9,28H2,1-2H3,(H2,29,32)/t22-,23+/m0/s1. The van der Waals surface area contributed by atoms with E-state index in [-0.39, 0.29) is 46.3 Å². The molecule has 1 amide bonds. The predicted molar refractivity (Wildman–Crippen MR) is 119 cm³/mol. The van der Waals surface area contributed by atoms with Crippen LogP contribution in [0, 0.1) is 17.6 Å². The van der Waals surface area contributed by atoms with E-state index < -0.39 is 46.1 Å². The summed E-state index contributed by atoms with van der Waals surface area (Å²) in [6.07, 6.45) is 0. The van der Waals surface area contributed by atoms with Crippen LogP contribution in [0.1, 0.15) is 23.7 Å². The highest BCUT2D eigenvalue weighted by Gasteiger charge is 2.46. The van der Waals surface area contributed by atoms with E-state index in [4.69, 9.17) is 32.5 Å². The number of amides is 1. The number of nitrogens with zero attached hydrogens (tertiary/aromatic N) is 2. The summed E-state index contributed by atoms with van der Waals surface area (Å²) in [6.45, 7) is 0.788. The molecule has 184 valence electrons. The van der Waals surface area contributed by atoms with Gasteiger partial charge in [-0.05, 0) is 25.1 Å². The zero-order valence-corrected chi connectivity index (χ0v) is 19.3. The molecule has 0 saturated carbocycles. The van der Waals surface area contributed by atoms with Gasteiger partial charge in [-0.2, -0.15) is 9.37 Å². The van der Waals surface area contributed by atoms with Gasteiger partial charge in [0.1, 0.15) is 40.7 Å². The van der Waals surface area contributed by atoms with Crippen molar-refractivity contribution in [1.82, 2.24) is 9.97 Å². The molecule has 0 spiro atoms. The molecule has 0 fully saturated rings. The second-order valence-electron chi connectivity index (χ2n) is 8.25. The van der Waals surface area contributed by atoms with Gasteiger partial charge in [-0.15, -0.1) is 0 Å². The number of methoxy groups -OCH3 is 1. The van der Waals surface area contributed by atoms with Gasteiger partial charge in [0.2, 0.25) is 17.7 Å². The Bertz CT molecular complexity index is 1360. The van der Waals surface area contributed by atoms with Crippen LogP contribution in [-0.2, 0) is 15.8 Å². The molecular formula is C23H20ClF3N4O4. The molecule has 0 unspecified atom stereocenters. The highest BCUT2D eigenvalue weighted by atomic mass is 35.5. The van der Waals surface area contributed by atoms with Gasteiger partial charge in [0.15, 0.2) is 0 Å². The van der Waals surface area contributed by atoms with Crippen molar-refractivity contribution < 1.29 is 32.5 Å². The molecule has 8 nitrogen and oxygen atoms in total. The largest absolute Gasteiger partial charge is 0.489 e. The lowest BCUT2D eigenvalue weighted by molar-refractivity contribution is -0.123. The van der Waals surface area contributed by atoms with Gasteiger partial charge in [0.25, 0.3) is 0 Å². The lowest BCUT2D eigenvalue weighted by Gasteiger charge is -2.29. The number of primary amides is 1. The Balaban J connectivity index is 2.06. The number of ether oxygens (including phenoxy) is 2. The number of carbonyl (C=O) groups excluding carboxylic acids is 1. The summed E-state index contributed by atoms with van der Waals surface area (Å²) in [5.41, 5.74) is 7.47. The number of nitrogens with two attached hydrogens (primary N) is 2. The molecule has 12 heteroatoms. The average molecular weight is 509 g/mol. The molecule has 0 saturated heterocycles. The molecule has 5 N–H and O–H groups in total. The second kappa shape index (κ2) is 8.67. The Morgan fingerprint density at radius 2 is 1.94 bits per heavy atom. The van der Waals surface area contributed by atoms with Crippen molar-refractivity contribution >= 4 is 17.5 Å². The third-order valence-electron chi connectivity index (χ3n) is 6.06. The number of carbonyl (C=O) groups is 1. The number of hydrogen-bond donors (Lipinski definition) is 3. The topological polar surface area (TPSA) is 134 Å². The molecule has 1 aliphatic heterocycles. The Hall–Kier alpha value is -3.41. The zero-order chi connectivity index (χ0) is 25.7. The van der Waals surface area contributed by atoms with E-state index in [1.807, 2.05) is 0 Å². The number of pyridine rings is 2. The number of fused-ring (bicyclic) bond motifs is 1. The normalized spacial score (nSPS) is 18.5. The molecule has 0 aliphatic carbocycles. The van der Waals surface area contributed by atoms with Crippen molar-refractivity contribution in [3.63, 3.8) is 0 Å². The van der Waals surface area contributed by atoms with Crippen LogP contribution in [0.3, 0.4) is 0 Å². The Kier molecular flexibility index (Phi) is 6.12. The Labute approximate surface area is 202 Å². The average Bonchev–Trinajstić information content (AvgIpc) is 3.18. The third kappa shape index (κ3) is 3.95. The van der Waals surface area contributed by atoms with Crippen LogP contribution in [0.5, 0.6) is 11.6 Å². The molecular weight excluding hydrogens is 489 g/mol. The molecule has 4 rings (SSSR count). The van der Waals surface area contributed by atoms with Crippen LogP contribution in [0.15, 0.2) is 30.3 Å².